The van der Waals surface area contributed by atoms with Gasteiger partial charge < -0.3 is 0 Å². The smallest absolute Gasteiger partial charge is 0.216 e. The first-order valence-electron chi connectivity index (χ1n) is 5.46. The third kappa shape index (κ3) is 2.87. The van der Waals surface area contributed by atoms with Crippen molar-refractivity contribution in [1.82, 2.24) is 4.98 Å². The zero-order chi connectivity index (χ0) is 13.7. The summed E-state index contributed by atoms with van der Waals surface area (Å²) < 4.78 is 24.5. The molecule has 1 heterocycles. The first-order valence-corrected chi connectivity index (χ1v) is 6.95. The second-order valence-electron chi connectivity index (χ2n) is 3.72. The number of nitriles is 1. The number of aromatic nitrogens is 1. The zero-order valence-corrected chi connectivity index (χ0v) is 10.7. The van der Waals surface area contributed by atoms with E-state index in [-0.39, 0.29) is 9.80 Å². The Bertz CT molecular complexity index is 730. The number of benzene rings is 1. The minimum atomic E-state index is -3.78. The molecule has 0 aliphatic carbocycles. The van der Waals surface area contributed by atoms with Crippen LogP contribution in [0.3, 0.4) is 0 Å². The summed E-state index contributed by atoms with van der Waals surface area (Å²) in [6, 6.07) is 13.0. The molecule has 0 saturated carbocycles. The van der Waals surface area contributed by atoms with Crippen molar-refractivity contribution in [2.75, 3.05) is 0 Å². The van der Waals surface area contributed by atoms with Crippen molar-refractivity contribution in [3.05, 3.63) is 65.3 Å². The molecule has 0 fully saturated rings. The van der Waals surface area contributed by atoms with E-state index >= 15 is 0 Å². The Morgan fingerprint density at radius 3 is 2.47 bits per heavy atom. The summed E-state index contributed by atoms with van der Waals surface area (Å²) in [4.78, 5) is 3.68. The first-order chi connectivity index (χ1) is 9.14. The van der Waals surface area contributed by atoms with Crippen LogP contribution in [0.25, 0.3) is 6.08 Å². The van der Waals surface area contributed by atoms with Crippen LogP contribution >= 0.6 is 0 Å². The molecular weight excluding hydrogens is 260 g/mol. The maximum Gasteiger partial charge on any atom is 0.216 e. The van der Waals surface area contributed by atoms with E-state index in [0.717, 1.165) is 0 Å². The van der Waals surface area contributed by atoms with Crippen molar-refractivity contribution < 1.29 is 8.42 Å². The lowest BCUT2D eigenvalue weighted by molar-refractivity contribution is 0.603. The van der Waals surface area contributed by atoms with Crippen LogP contribution in [0, 0.1) is 11.3 Å². The van der Waals surface area contributed by atoms with Gasteiger partial charge in [0.1, 0.15) is 11.0 Å². The Labute approximate surface area is 111 Å². The third-order valence-corrected chi connectivity index (χ3v) is 4.12. The normalized spacial score (nSPS) is 11.8. The van der Waals surface area contributed by atoms with E-state index in [1.807, 2.05) is 0 Å². The van der Waals surface area contributed by atoms with Crippen LogP contribution in [0.15, 0.2) is 64.7 Å². The van der Waals surface area contributed by atoms with Crippen LogP contribution in [0.2, 0.25) is 0 Å². The fourth-order valence-electron chi connectivity index (χ4n) is 1.51. The average molecular weight is 270 g/mol. The van der Waals surface area contributed by atoms with Gasteiger partial charge in [-0.1, -0.05) is 24.3 Å². The summed E-state index contributed by atoms with van der Waals surface area (Å²) in [5.74, 6) is 0. The van der Waals surface area contributed by atoms with E-state index in [1.165, 1.54) is 24.4 Å². The molecule has 1 aromatic carbocycles. The standard InChI is InChI=1S/C14H10N2O2S/c15-10-14(9-12-5-4-8-16-11-12)19(17,18)13-6-2-1-3-7-13/h1-9,11H. The molecule has 0 bridgehead atoms. The molecule has 5 heteroatoms. The van der Waals surface area contributed by atoms with Crippen LogP contribution in [-0.4, -0.2) is 13.4 Å². The summed E-state index contributed by atoms with van der Waals surface area (Å²) in [5.41, 5.74) is 0.568. The second kappa shape index (κ2) is 5.46. The van der Waals surface area contributed by atoms with Crippen LogP contribution in [0.5, 0.6) is 0 Å². The molecule has 1 aromatic heterocycles. The van der Waals surface area contributed by atoms with Crippen LogP contribution in [0.4, 0.5) is 0 Å². The van der Waals surface area contributed by atoms with Crippen molar-refractivity contribution in [2.45, 2.75) is 4.90 Å². The maximum atomic E-state index is 12.3. The number of hydrogen-bond donors (Lipinski definition) is 0. The Kier molecular flexibility index (Phi) is 3.74. The van der Waals surface area contributed by atoms with Gasteiger partial charge in [-0.05, 0) is 29.8 Å². The monoisotopic (exact) mass is 270 g/mol. The fourth-order valence-corrected chi connectivity index (χ4v) is 2.69. The molecule has 4 nitrogen and oxygen atoms in total. The molecule has 0 unspecified atom stereocenters. The SMILES string of the molecule is N#CC(=Cc1cccnc1)S(=O)(=O)c1ccccc1. The lowest BCUT2D eigenvalue weighted by Gasteiger charge is -2.02. The molecule has 0 aliphatic rings. The molecule has 19 heavy (non-hydrogen) atoms. The van der Waals surface area contributed by atoms with Gasteiger partial charge in [0.2, 0.25) is 9.84 Å². The highest BCUT2D eigenvalue weighted by Gasteiger charge is 2.20. The van der Waals surface area contributed by atoms with E-state index in [0.29, 0.717) is 5.56 Å². The molecule has 2 rings (SSSR count). The predicted octanol–water partition coefficient (Wildman–Crippen LogP) is 2.42. The number of pyridine rings is 1. The minimum Gasteiger partial charge on any atom is -0.264 e. The fraction of sp³-hybridized carbons (Fsp3) is 0. The van der Waals surface area contributed by atoms with Crippen LogP contribution in [-0.2, 0) is 9.84 Å². The van der Waals surface area contributed by atoms with Crippen molar-refractivity contribution >= 4 is 15.9 Å². The third-order valence-electron chi connectivity index (χ3n) is 2.44. The summed E-state index contributed by atoms with van der Waals surface area (Å²) in [6.07, 6.45) is 4.39. The first kappa shape index (κ1) is 13.0. The van der Waals surface area contributed by atoms with E-state index in [2.05, 4.69) is 4.98 Å². The molecule has 0 amide bonds. The van der Waals surface area contributed by atoms with Crippen molar-refractivity contribution in [3.8, 4) is 6.07 Å². The lowest BCUT2D eigenvalue weighted by atomic mass is 10.3. The van der Waals surface area contributed by atoms with Gasteiger partial charge in [-0.3, -0.25) is 4.98 Å². The quantitative estimate of drug-likeness (QED) is 0.803. The van der Waals surface area contributed by atoms with Crippen LogP contribution in [0.1, 0.15) is 5.56 Å². The number of allylic oxidation sites excluding steroid dienone is 1. The number of nitrogens with zero attached hydrogens (tertiary/aromatic N) is 2. The molecule has 0 atom stereocenters. The largest absolute Gasteiger partial charge is 0.264 e. The molecule has 0 saturated heterocycles. The van der Waals surface area contributed by atoms with Gasteiger partial charge >= 0.3 is 0 Å². The van der Waals surface area contributed by atoms with E-state index in [1.54, 1.807) is 42.6 Å². The molecule has 94 valence electrons. The molecule has 0 spiro atoms. The highest BCUT2D eigenvalue weighted by Crippen LogP contribution is 2.20. The molecule has 0 radical (unpaired) electrons. The van der Waals surface area contributed by atoms with Crippen LogP contribution < -0.4 is 0 Å². The van der Waals surface area contributed by atoms with Gasteiger partial charge in [-0.25, -0.2) is 8.42 Å². The summed E-state index contributed by atoms with van der Waals surface area (Å²) >= 11 is 0. The number of sulfone groups is 1. The Morgan fingerprint density at radius 2 is 1.89 bits per heavy atom. The predicted molar refractivity (Wildman–Crippen MR) is 71.5 cm³/mol. The Morgan fingerprint density at radius 1 is 1.16 bits per heavy atom. The van der Waals surface area contributed by atoms with Gasteiger partial charge in [0, 0.05) is 12.4 Å². The van der Waals surface area contributed by atoms with E-state index < -0.39 is 9.84 Å². The van der Waals surface area contributed by atoms with Gasteiger partial charge in [0.05, 0.1) is 4.90 Å². The minimum absolute atomic E-state index is 0.103. The molecule has 0 N–H and O–H groups in total. The highest BCUT2D eigenvalue weighted by molar-refractivity contribution is 7.95. The molecule has 0 aliphatic heterocycles. The van der Waals surface area contributed by atoms with Gasteiger partial charge in [-0.15, -0.1) is 0 Å². The Hall–Kier alpha value is -2.45. The molecule has 2 aromatic rings. The van der Waals surface area contributed by atoms with E-state index in [4.69, 9.17) is 5.26 Å². The second-order valence-corrected chi connectivity index (χ2v) is 5.64. The van der Waals surface area contributed by atoms with Gasteiger partial charge in [-0.2, -0.15) is 5.26 Å². The van der Waals surface area contributed by atoms with Gasteiger partial charge in [0.15, 0.2) is 0 Å². The van der Waals surface area contributed by atoms with Gasteiger partial charge in [0.25, 0.3) is 0 Å². The topological polar surface area (TPSA) is 70.8 Å². The summed E-state index contributed by atoms with van der Waals surface area (Å²) in [7, 11) is -3.78. The summed E-state index contributed by atoms with van der Waals surface area (Å²) in [5, 5.41) is 9.07. The van der Waals surface area contributed by atoms with Crippen molar-refractivity contribution in [3.63, 3.8) is 0 Å². The number of hydrogen-bond acceptors (Lipinski definition) is 4. The maximum absolute atomic E-state index is 12.3. The zero-order valence-electron chi connectivity index (χ0n) is 9.89. The summed E-state index contributed by atoms with van der Waals surface area (Å²) in [6.45, 7) is 0. The average Bonchev–Trinajstić information content (AvgIpc) is 2.46. The number of rotatable bonds is 3. The lowest BCUT2D eigenvalue weighted by Crippen LogP contribution is -2.03. The molecular formula is C14H10N2O2S. The highest BCUT2D eigenvalue weighted by atomic mass is 32.2. The van der Waals surface area contributed by atoms with Crippen molar-refractivity contribution in [2.24, 2.45) is 0 Å². The Balaban J connectivity index is 2.50. The van der Waals surface area contributed by atoms with Crippen molar-refractivity contribution in [1.29, 1.82) is 5.26 Å². The van der Waals surface area contributed by atoms with E-state index in [9.17, 15) is 8.42 Å².